The van der Waals surface area contributed by atoms with Crippen LogP contribution in [0, 0.1) is 6.92 Å². The van der Waals surface area contributed by atoms with E-state index in [2.05, 4.69) is 11.1 Å². The Labute approximate surface area is 122 Å². The predicted octanol–water partition coefficient (Wildman–Crippen LogP) is 2.47. The van der Waals surface area contributed by atoms with E-state index >= 15 is 0 Å². The third kappa shape index (κ3) is 2.81. The maximum atomic E-state index is 11.1. The highest BCUT2D eigenvalue weighted by Crippen LogP contribution is 2.30. The number of carboxylic acid groups (broad SMARTS) is 1. The third-order valence-electron chi connectivity index (χ3n) is 3.36. The maximum absolute atomic E-state index is 11.1. The Bertz CT molecular complexity index is 684. The molecule has 1 N–H and O–H groups in total. The molecule has 0 spiro atoms. The molecule has 0 bridgehead atoms. The van der Waals surface area contributed by atoms with Crippen molar-refractivity contribution < 1.29 is 19.4 Å². The first-order valence-corrected chi connectivity index (χ1v) is 6.71. The summed E-state index contributed by atoms with van der Waals surface area (Å²) in [6.45, 7) is 2.33. The first-order chi connectivity index (χ1) is 10.1. The Hall–Kier alpha value is -2.56. The molecule has 0 amide bonds. The monoisotopic (exact) mass is 285 g/mol. The minimum atomic E-state index is -1.10. The van der Waals surface area contributed by atoms with Crippen molar-refractivity contribution >= 4 is 5.97 Å². The molecule has 1 aliphatic heterocycles. The summed E-state index contributed by atoms with van der Waals surface area (Å²) < 4.78 is 11.4. The van der Waals surface area contributed by atoms with Gasteiger partial charge in [0.1, 0.15) is 18.5 Å². The first kappa shape index (κ1) is 13.4. The summed E-state index contributed by atoms with van der Waals surface area (Å²) in [6, 6.07) is 9.31. The number of carbonyl (C=O) groups is 1. The molecule has 0 saturated carbocycles. The average molecular weight is 285 g/mol. The van der Waals surface area contributed by atoms with Gasteiger partial charge in [-0.1, -0.05) is 17.7 Å². The molecule has 3 rings (SSSR count). The normalized spacial score (nSPS) is 16.1. The van der Waals surface area contributed by atoms with Crippen molar-refractivity contribution in [1.82, 2.24) is 4.98 Å². The molecule has 108 valence electrons. The van der Waals surface area contributed by atoms with Gasteiger partial charge < -0.3 is 14.6 Å². The van der Waals surface area contributed by atoms with Crippen LogP contribution >= 0.6 is 0 Å². The first-order valence-electron chi connectivity index (χ1n) is 6.71. The Morgan fingerprint density at radius 2 is 2.33 bits per heavy atom. The smallest absolute Gasteiger partial charge is 0.358 e. The summed E-state index contributed by atoms with van der Waals surface area (Å²) in [4.78, 5) is 14.9. The lowest BCUT2D eigenvalue weighted by Gasteiger charge is -2.13. The summed E-state index contributed by atoms with van der Waals surface area (Å²) in [5, 5.41) is 9.06. The molecule has 1 aromatic heterocycles. The molecular weight excluding hydrogens is 270 g/mol. The quantitative estimate of drug-likeness (QED) is 0.934. The van der Waals surface area contributed by atoms with Crippen LogP contribution in [0.4, 0.5) is 0 Å². The van der Waals surface area contributed by atoms with Crippen molar-refractivity contribution in [2.75, 3.05) is 6.61 Å². The van der Waals surface area contributed by atoms with Gasteiger partial charge in [0.15, 0.2) is 11.4 Å². The average Bonchev–Trinajstić information content (AvgIpc) is 2.87. The summed E-state index contributed by atoms with van der Waals surface area (Å²) >= 11 is 0. The maximum Gasteiger partial charge on any atom is 0.358 e. The van der Waals surface area contributed by atoms with Gasteiger partial charge >= 0.3 is 5.97 Å². The number of nitrogens with zero attached hydrogens (tertiary/aromatic N) is 1. The number of hydrogen-bond acceptors (Lipinski definition) is 4. The van der Waals surface area contributed by atoms with E-state index in [1.165, 1.54) is 11.8 Å². The molecule has 0 fully saturated rings. The summed E-state index contributed by atoms with van der Waals surface area (Å²) in [6.07, 6.45) is 2.09. The molecule has 5 heteroatoms. The van der Waals surface area contributed by atoms with Crippen LogP contribution in [0.2, 0.25) is 0 Å². The lowest BCUT2D eigenvalue weighted by atomic mass is 10.1. The summed E-state index contributed by atoms with van der Waals surface area (Å²) in [5.74, 6) is 0.0384. The van der Waals surface area contributed by atoms with Crippen molar-refractivity contribution in [1.29, 1.82) is 0 Å². The van der Waals surface area contributed by atoms with Gasteiger partial charge in [-0.15, -0.1) is 0 Å². The van der Waals surface area contributed by atoms with Gasteiger partial charge in [0.05, 0.1) is 0 Å². The highest BCUT2D eigenvalue weighted by molar-refractivity contribution is 5.88. The minimum Gasteiger partial charge on any atom is -0.487 e. The highest BCUT2D eigenvalue weighted by Gasteiger charge is 2.24. The zero-order valence-corrected chi connectivity index (χ0v) is 11.6. The Morgan fingerprint density at radius 3 is 3.14 bits per heavy atom. The number of hydrogen-bond donors (Lipinski definition) is 1. The second-order valence-corrected chi connectivity index (χ2v) is 5.02. The van der Waals surface area contributed by atoms with Gasteiger partial charge in [0.25, 0.3) is 0 Å². The van der Waals surface area contributed by atoms with Crippen molar-refractivity contribution in [3.05, 3.63) is 53.3 Å². The fourth-order valence-corrected chi connectivity index (χ4v) is 2.39. The third-order valence-corrected chi connectivity index (χ3v) is 3.36. The summed E-state index contributed by atoms with van der Waals surface area (Å²) in [7, 11) is 0. The van der Waals surface area contributed by atoms with E-state index in [0.717, 1.165) is 17.7 Å². The van der Waals surface area contributed by atoms with E-state index in [1.54, 1.807) is 12.1 Å². The van der Waals surface area contributed by atoms with Crippen LogP contribution in [0.3, 0.4) is 0 Å². The van der Waals surface area contributed by atoms with E-state index in [9.17, 15) is 4.79 Å². The zero-order valence-electron chi connectivity index (χ0n) is 11.6. The predicted molar refractivity (Wildman–Crippen MR) is 76.0 cm³/mol. The van der Waals surface area contributed by atoms with E-state index < -0.39 is 5.97 Å². The number of aromatic carboxylic acids is 1. The van der Waals surface area contributed by atoms with E-state index in [4.69, 9.17) is 14.6 Å². The molecule has 1 unspecified atom stereocenters. The fourth-order valence-electron chi connectivity index (χ4n) is 2.39. The largest absolute Gasteiger partial charge is 0.487 e. The Morgan fingerprint density at radius 1 is 1.48 bits per heavy atom. The second kappa shape index (κ2) is 5.44. The van der Waals surface area contributed by atoms with Gasteiger partial charge in [0, 0.05) is 12.6 Å². The number of ether oxygens (including phenoxy) is 2. The Balaban J connectivity index is 1.67. The zero-order chi connectivity index (χ0) is 14.8. The second-order valence-electron chi connectivity index (χ2n) is 5.02. The van der Waals surface area contributed by atoms with Gasteiger partial charge in [0.2, 0.25) is 0 Å². The lowest BCUT2D eigenvalue weighted by Crippen LogP contribution is -2.23. The molecule has 2 aromatic rings. The SMILES string of the molecule is Cc1ccc2c(c1)CC(COc1cccnc1C(=O)O)O2. The number of aryl methyl sites for hydroxylation is 1. The Kier molecular flexibility index (Phi) is 3.48. The molecule has 1 atom stereocenters. The molecule has 2 heterocycles. The minimum absolute atomic E-state index is 0.0798. The van der Waals surface area contributed by atoms with Crippen molar-refractivity contribution in [3.8, 4) is 11.5 Å². The van der Waals surface area contributed by atoms with Crippen LogP contribution in [-0.2, 0) is 6.42 Å². The number of benzene rings is 1. The molecule has 0 saturated heterocycles. The number of rotatable bonds is 4. The van der Waals surface area contributed by atoms with Crippen molar-refractivity contribution in [2.24, 2.45) is 0 Å². The van der Waals surface area contributed by atoms with Gasteiger partial charge in [-0.25, -0.2) is 9.78 Å². The summed E-state index contributed by atoms with van der Waals surface area (Å²) in [5.41, 5.74) is 2.27. The molecule has 0 aliphatic carbocycles. The molecular formula is C16H15NO4. The van der Waals surface area contributed by atoms with Crippen LogP contribution < -0.4 is 9.47 Å². The lowest BCUT2D eigenvalue weighted by molar-refractivity contribution is 0.0681. The van der Waals surface area contributed by atoms with E-state index in [-0.39, 0.29) is 17.5 Å². The highest BCUT2D eigenvalue weighted by atomic mass is 16.5. The molecule has 0 radical (unpaired) electrons. The standard InChI is InChI=1S/C16H15NO4/c1-10-4-5-13-11(7-10)8-12(21-13)9-20-14-3-2-6-17-15(14)16(18)19/h2-7,12H,8-9H2,1H3,(H,18,19). The molecule has 5 nitrogen and oxygen atoms in total. The number of pyridine rings is 1. The van der Waals surface area contributed by atoms with Crippen LogP contribution in [-0.4, -0.2) is 28.8 Å². The van der Waals surface area contributed by atoms with Crippen molar-refractivity contribution in [3.63, 3.8) is 0 Å². The van der Waals surface area contributed by atoms with Crippen LogP contribution in [0.25, 0.3) is 0 Å². The van der Waals surface area contributed by atoms with E-state index in [0.29, 0.717) is 6.61 Å². The number of carboxylic acids is 1. The van der Waals surface area contributed by atoms with Gasteiger partial charge in [-0.2, -0.15) is 0 Å². The van der Waals surface area contributed by atoms with Crippen molar-refractivity contribution in [2.45, 2.75) is 19.4 Å². The van der Waals surface area contributed by atoms with E-state index in [1.807, 2.05) is 19.1 Å². The topological polar surface area (TPSA) is 68.7 Å². The number of fused-ring (bicyclic) bond motifs is 1. The van der Waals surface area contributed by atoms with Gasteiger partial charge in [-0.3, -0.25) is 0 Å². The van der Waals surface area contributed by atoms with Crippen LogP contribution in [0.1, 0.15) is 21.6 Å². The van der Waals surface area contributed by atoms with Crippen LogP contribution in [0.5, 0.6) is 11.5 Å². The van der Waals surface area contributed by atoms with Gasteiger partial charge in [-0.05, 0) is 30.7 Å². The number of aromatic nitrogens is 1. The molecule has 1 aromatic carbocycles. The molecule has 1 aliphatic rings. The van der Waals surface area contributed by atoms with Crippen LogP contribution in [0.15, 0.2) is 36.5 Å². The fraction of sp³-hybridized carbons (Fsp3) is 0.250. The molecule has 21 heavy (non-hydrogen) atoms.